The number of rotatable bonds is 5. The van der Waals surface area contributed by atoms with E-state index in [0.29, 0.717) is 17.8 Å². The number of nitrogens with zero attached hydrogens (tertiary/aromatic N) is 1. The Bertz CT molecular complexity index is 2000. The Balaban J connectivity index is 1.35. The van der Waals surface area contributed by atoms with Crippen LogP contribution in [-0.2, 0) is 0 Å². The highest BCUT2D eigenvalue weighted by Gasteiger charge is 2.44. The van der Waals surface area contributed by atoms with Gasteiger partial charge >= 0.3 is 0 Å². The molecule has 1 spiro atoms. The van der Waals surface area contributed by atoms with Crippen LogP contribution in [0.4, 0.5) is 17.1 Å². The molecular weight excluding hydrogens is 585 g/mol. The number of fused-ring (bicyclic) bond motifs is 6. The van der Waals surface area contributed by atoms with E-state index >= 15 is 0 Å². The van der Waals surface area contributed by atoms with Crippen molar-refractivity contribution in [3.63, 3.8) is 0 Å². The zero-order valence-electron chi connectivity index (χ0n) is 28.3. The van der Waals surface area contributed by atoms with Crippen LogP contribution < -0.4 is 36.4 Å². The Morgan fingerprint density at radius 3 is 1.72 bits per heavy atom. The summed E-state index contributed by atoms with van der Waals surface area (Å²) in [4.78, 5) is 2.46. The third-order valence-corrected chi connectivity index (χ3v) is 14.6. The normalized spacial score (nSPS) is 15.3. The molecular formula is C43H42BNOSi. The fourth-order valence-corrected chi connectivity index (χ4v) is 12.1. The van der Waals surface area contributed by atoms with Crippen molar-refractivity contribution in [2.45, 2.75) is 59.3 Å². The van der Waals surface area contributed by atoms with Crippen molar-refractivity contribution in [3.8, 4) is 11.5 Å². The molecule has 0 saturated heterocycles. The molecule has 3 aliphatic rings. The SMILES string of the molecule is CC(C)c1cc(C(C)C)c(B2c3ccccc3Oc3cc(N4c5ccccc5[Si]5(C=CC=C5)c5ccccc54)ccc32)c(C(C)C)c1. The molecule has 5 aromatic rings. The van der Waals surface area contributed by atoms with E-state index in [9.17, 15) is 0 Å². The van der Waals surface area contributed by atoms with Crippen LogP contribution >= 0.6 is 0 Å². The first-order chi connectivity index (χ1) is 22.8. The van der Waals surface area contributed by atoms with Gasteiger partial charge in [0.25, 0.3) is 6.71 Å². The minimum atomic E-state index is -2.15. The van der Waals surface area contributed by atoms with Crippen molar-refractivity contribution in [1.82, 2.24) is 0 Å². The van der Waals surface area contributed by atoms with Gasteiger partial charge in [0.1, 0.15) is 11.5 Å². The first-order valence-electron chi connectivity index (χ1n) is 17.2. The molecule has 0 aromatic heterocycles. The fraction of sp³-hybridized carbons (Fsp3) is 0.209. The van der Waals surface area contributed by atoms with Gasteiger partial charge in [-0.3, -0.25) is 0 Å². The number of benzene rings is 5. The lowest BCUT2D eigenvalue weighted by Crippen LogP contribution is -2.60. The van der Waals surface area contributed by atoms with Gasteiger partial charge < -0.3 is 9.64 Å². The van der Waals surface area contributed by atoms with Crippen LogP contribution in [0.15, 0.2) is 127 Å². The van der Waals surface area contributed by atoms with Crippen molar-refractivity contribution in [3.05, 3.63) is 143 Å². The largest absolute Gasteiger partial charge is 0.458 e. The lowest BCUT2D eigenvalue weighted by molar-refractivity contribution is 0.487. The van der Waals surface area contributed by atoms with Crippen molar-refractivity contribution in [1.29, 1.82) is 0 Å². The van der Waals surface area contributed by atoms with Crippen molar-refractivity contribution >= 4 is 58.6 Å². The van der Waals surface area contributed by atoms with Crippen molar-refractivity contribution < 1.29 is 4.74 Å². The van der Waals surface area contributed by atoms with Gasteiger partial charge in [-0.05, 0) is 80.0 Å². The standard InChI is InChI=1S/C43H42BNOSi/c1-28(2)31-25-33(29(3)4)43(34(26-31)30(5)6)44-35-15-7-10-18-39(35)46-40-27-32(21-22-36(40)44)45-37-16-8-11-19-41(37)47(23-13-14-24-47)42-20-12-9-17-38(42)45/h7-30H,1-6H3. The number of hydrogen-bond donors (Lipinski definition) is 0. The number of ether oxygens (including phenoxy) is 1. The molecule has 4 heteroatoms. The van der Waals surface area contributed by atoms with Gasteiger partial charge in [0, 0.05) is 23.1 Å². The number of allylic oxidation sites excluding steroid dienone is 2. The molecule has 0 bridgehead atoms. The highest BCUT2D eigenvalue weighted by Crippen LogP contribution is 2.41. The summed E-state index contributed by atoms with van der Waals surface area (Å²) in [5.74, 6) is 3.16. The molecule has 0 unspecified atom stereocenters. The van der Waals surface area contributed by atoms with Gasteiger partial charge in [-0.25, -0.2) is 0 Å². The molecule has 0 saturated carbocycles. The second kappa shape index (κ2) is 11.3. The number of para-hydroxylation sites is 3. The van der Waals surface area contributed by atoms with Gasteiger partial charge in [0.2, 0.25) is 0 Å². The second-order valence-electron chi connectivity index (χ2n) is 14.3. The van der Waals surface area contributed by atoms with Crippen LogP contribution in [0.5, 0.6) is 11.5 Å². The predicted molar refractivity (Wildman–Crippen MR) is 204 cm³/mol. The third kappa shape index (κ3) is 4.60. The fourth-order valence-electron chi connectivity index (χ4n) is 8.16. The summed E-state index contributed by atoms with van der Waals surface area (Å²) in [7, 11) is -2.15. The van der Waals surface area contributed by atoms with Gasteiger partial charge in [0.05, 0.1) is 0 Å². The minimum absolute atomic E-state index is 0.0883. The van der Waals surface area contributed by atoms with Gasteiger partial charge in [-0.15, -0.1) is 0 Å². The Kier molecular flexibility index (Phi) is 7.18. The Morgan fingerprint density at radius 2 is 1.13 bits per heavy atom. The molecule has 8 rings (SSSR count). The average molecular weight is 628 g/mol. The molecule has 0 atom stereocenters. The molecule has 0 amide bonds. The molecule has 3 heterocycles. The molecule has 5 aromatic carbocycles. The van der Waals surface area contributed by atoms with E-state index in [0.717, 1.165) is 17.2 Å². The molecule has 47 heavy (non-hydrogen) atoms. The first-order valence-corrected chi connectivity index (χ1v) is 19.4. The molecule has 0 N–H and O–H groups in total. The summed E-state index contributed by atoms with van der Waals surface area (Å²) in [6.07, 6.45) is 4.48. The molecule has 232 valence electrons. The van der Waals surface area contributed by atoms with E-state index in [4.69, 9.17) is 4.74 Å². The van der Waals surface area contributed by atoms with E-state index in [-0.39, 0.29) is 6.71 Å². The summed E-state index contributed by atoms with van der Waals surface area (Å²) in [6.45, 7) is 14.1. The van der Waals surface area contributed by atoms with Crippen LogP contribution in [0.25, 0.3) is 0 Å². The molecule has 0 fully saturated rings. The highest BCUT2D eigenvalue weighted by atomic mass is 28.3. The second-order valence-corrected chi connectivity index (χ2v) is 17.8. The van der Waals surface area contributed by atoms with Crippen LogP contribution in [0.2, 0.25) is 0 Å². The zero-order chi connectivity index (χ0) is 32.4. The van der Waals surface area contributed by atoms with Crippen LogP contribution in [0.3, 0.4) is 0 Å². The number of hydrogen-bond acceptors (Lipinski definition) is 2. The number of anilines is 3. The average Bonchev–Trinajstić information content (AvgIpc) is 3.57. The highest BCUT2D eigenvalue weighted by molar-refractivity contribution is 7.12. The molecule has 3 aliphatic heterocycles. The topological polar surface area (TPSA) is 12.5 Å². The van der Waals surface area contributed by atoms with E-state index in [1.807, 2.05) is 0 Å². The quantitative estimate of drug-likeness (QED) is 0.179. The van der Waals surface area contributed by atoms with Gasteiger partial charge in [-0.1, -0.05) is 143 Å². The Labute approximate surface area is 281 Å². The van der Waals surface area contributed by atoms with Crippen LogP contribution in [-0.4, -0.2) is 14.8 Å². The molecule has 0 radical (unpaired) electrons. The summed E-state index contributed by atoms with van der Waals surface area (Å²) >= 11 is 0. The third-order valence-electron chi connectivity index (χ3n) is 10.5. The Morgan fingerprint density at radius 1 is 0.574 bits per heavy atom. The maximum atomic E-state index is 6.85. The predicted octanol–water partition coefficient (Wildman–Crippen LogP) is 8.23. The lowest BCUT2D eigenvalue weighted by Gasteiger charge is -2.41. The summed E-state index contributed by atoms with van der Waals surface area (Å²) in [5, 5.41) is 2.86. The van der Waals surface area contributed by atoms with Crippen molar-refractivity contribution in [2.24, 2.45) is 0 Å². The minimum Gasteiger partial charge on any atom is -0.458 e. The van der Waals surface area contributed by atoms with Crippen LogP contribution in [0.1, 0.15) is 76.0 Å². The van der Waals surface area contributed by atoms with E-state index < -0.39 is 8.07 Å². The maximum absolute atomic E-state index is 6.85. The smallest absolute Gasteiger partial charge is 0.251 e. The van der Waals surface area contributed by atoms with Gasteiger partial charge in [-0.2, -0.15) is 0 Å². The van der Waals surface area contributed by atoms with E-state index in [2.05, 4.69) is 173 Å². The van der Waals surface area contributed by atoms with Crippen molar-refractivity contribution in [2.75, 3.05) is 4.90 Å². The Hall–Kier alpha value is -4.54. The van der Waals surface area contributed by atoms with E-state index in [1.165, 1.54) is 54.8 Å². The monoisotopic (exact) mass is 627 g/mol. The summed E-state index contributed by atoms with van der Waals surface area (Å²) in [5.41, 5.74) is 16.8. The van der Waals surface area contributed by atoms with Gasteiger partial charge in [0.15, 0.2) is 8.07 Å². The molecule has 2 nitrogen and oxygen atoms in total. The summed E-state index contributed by atoms with van der Waals surface area (Å²) < 4.78 is 6.85. The lowest BCUT2D eigenvalue weighted by atomic mass is 9.34. The van der Waals surface area contributed by atoms with E-state index in [1.54, 1.807) is 0 Å². The zero-order valence-corrected chi connectivity index (χ0v) is 29.3. The summed E-state index contributed by atoms with van der Waals surface area (Å²) in [6, 6.07) is 38.6. The van der Waals surface area contributed by atoms with Crippen LogP contribution in [0, 0.1) is 0 Å². The maximum Gasteiger partial charge on any atom is 0.251 e. The first kappa shape index (κ1) is 29.8. The molecule has 0 aliphatic carbocycles.